The van der Waals surface area contributed by atoms with Crippen molar-refractivity contribution in [2.45, 2.75) is 103 Å². The molecule has 0 unspecified atom stereocenters. The molecule has 0 aromatic heterocycles. The average molecular weight is 542 g/mol. The second-order valence-corrected chi connectivity index (χ2v) is 15.3. The highest BCUT2D eigenvalue weighted by Gasteiger charge is 2.38. The minimum Gasteiger partial charge on any atom is -0.356 e. The number of anilines is 2. The van der Waals surface area contributed by atoms with E-state index in [-0.39, 0.29) is 21.7 Å². The molecule has 0 radical (unpaired) electrons. The maximum atomic E-state index is 3.61. The van der Waals surface area contributed by atoms with Crippen LogP contribution in [0.1, 0.15) is 103 Å². The predicted octanol–water partition coefficient (Wildman–Crippen LogP) is 11.5. The fourth-order valence-corrected chi connectivity index (χ4v) is 7.20. The maximum Gasteiger partial charge on any atom is 0.0384 e. The predicted molar refractivity (Wildman–Crippen MR) is 178 cm³/mol. The van der Waals surface area contributed by atoms with Crippen molar-refractivity contribution in [2.75, 3.05) is 5.32 Å². The quantitative estimate of drug-likeness (QED) is 0.271. The summed E-state index contributed by atoms with van der Waals surface area (Å²) in [5.74, 6) is 0. The molecule has 41 heavy (non-hydrogen) atoms. The Bertz CT molecular complexity index is 1460. The summed E-state index contributed by atoms with van der Waals surface area (Å²) in [6, 6.07) is 32.1. The molecule has 0 atom stereocenters. The van der Waals surface area contributed by atoms with Gasteiger partial charge in [-0.25, -0.2) is 0 Å². The van der Waals surface area contributed by atoms with Crippen LogP contribution in [0.3, 0.4) is 0 Å². The third-order valence-electron chi connectivity index (χ3n) is 10.4. The van der Waals surface area contributed by atoms with Crippen molar-refractivity contribution >= 4 is 11.4 Å². The molecule has 0 spiro atoms. The fraction of sp³-hybridized carbons (Fsp3) is 0.400. The van der Waals surface area contributed by atoms with Crippen LogP contribution in [0.25, 0.3) is 22.3 Å². The summed E-state index contributed by atoms with van der Waals surface area (Å²) in [5, 5.41) is 3.61. The average Bonchev–Trinajstić information content (AvgIpc) is 2.94. The van der Waals surface area contributed by atoms with Gasteiger partial charge in [-0.15, -0.1) is 0 Å². The lowest BCUT2D eigenvalue weighted by atomic mass is 9.63. The molecule has 2 aliphatic carbocycles. The summed E-state index contributed by atoms with van der Waals surface area (Å²) in [5.41, 5.74) is 14.4. The van der Waals surface area contributed by atoms with E-state index in [0.717, 1.165) is 11.4 Å². The number of nitrogens with one attached hydrogen (secondary N) is 1. The summed E-state index contributed by atoms with van der Waals surface area (Å²) in [4.78, 5) is 0. The molecule has 4 aromatic carbocycles. The van der Waals surface area contributed by atoms with Crippen LogP contribution in [0, 0.1) is 0 Å². The smallest absolute Gasteiger partial charge is 0.0384 e. The first kappa shape index (κ1) is 27.8. The van der Waals surface area contributed by atoms with Gasteiger partial charge in [-0.2, -0.15) is 0 Å². The van der Waals surface area contributed by atoms with E-state index in [4.69, 9.17) is 0 Å². The summed E-state index contributed by atoms with van der Waals surface area (Å²) < 4.78 is 0. The molecule has 6 rings (SSSR count). The molecule has 0 heterocycles. The molecular weight excluding hydrogens is 494 g/mol. The molecule has 0 fully saturated rings. The lowest BCUT2D eigenvalue weighted by Gasteiger charge is -2.42. The van der Waals surface area contributed by atoms with Crippen LogP contribution in [-0.2, 0) is 21.7 Å². The lowest BCUT2D eigenvalue weighted by Crippen LogP contribution is -2.33. The van der Waals surface area contributed by atoms with Gasteiger partial charge in [0.15, 0.2) is 0 Å². The van der Waals surface area contributed by atoms with Crippen molar-refractivity contribution in [3.8, 4) is 22.3 Å². The van der Waals surface area contributed by atoms with Crippen LogP contribution in [0.4, 0.5) is 11.4 Å². The van der Waals surface area contributed by atoms with Crippen molar-refractivity contribution < 1.29 is 0 Å². The van der Waals surface area contributed by atoms with Gasteiger partial charge in [-0.05, 0) is 116 Å². The van der Waals surface area contributed by atoms with E-state index >= 15 is 0 Å². The highest BCUT2D eigenvalue weighted by atomic mass is 14.9. The highest BCUT2D eigenvalue weighted by Crippen LogP contribution is 2.48. The van der Waals surface area contributed by atoms with Gasteiger partial charge in [0, 0.05) is 11.4 Å². The van der Waals surface area contributed by atoms with E-state index in [0.29, 0.717) is 0 Å². The van der Waals surface area contributed by atoms with E-state index in [2.05, 4.69) is 146 Å². The standard InChI is InChI=1S/C40H47N/c1-37(2)21-23-39(5,6)35-25-29(13-19-33(35)37)27-9-15-31(16-10-27)41-32-17-11-28(12-18-32)30-14-20-34-36(26-30)40(7,8)24-22-38(34,3)4/h9-20,25-26,41H,21-24H2,1-8H3. The number of fused-ring (bicyclic) bond motifs is 2. The molecule has 0 saturated heterocycles. The van der Waals surface area contributed by atoms with Crippen LogP contribution in [0.2, 0.25) is 0 Å². The highest BCUT2D eigenvalue weighted by molar-refractivity contribution is 5.72. The zero-order valence-corrected chi connectivity index (χ0v) is 26.4. The zero-order chi connectivity index (χ0) is 29.2. The molecule has 212 valence electrons. The van der Waals surface area contributed by atoms with Gasteiger partial charge in [-0.3, -0.25) is 0 Å². The Morgan fingerprint density at radius 2 is 0.659 bits per heavy atom. The Balaban J connectivity index is 1.20. The number of rotatable bonds is 4. The monoisotopic (exact) mass is 541 g/mol. The van der Waals surface area contributed by atoms with E-state index in [1.807, 2.05) is 0 Å². The van der Waals surface area contributed by atoms with Crippen molar-refractivity contribution in [1.29, 1.82) is 0 Å². The number of hydrogen-bond donors (Lipinski definition) is 1. The SMILES string of the molecule is CC1(C)CCC(C)(C)c2cc(-c3ccc(Nc4ccc(-c5ccc6c(c5)C(C)(C)CCC6(C)C)cc4)cc3)ccc21. The first-order chi connectivity index (χ1) is 19.3. The van der Waals surface area contributed by atoms with Gasteiger partial charge in [-0.1, -0.05) is 116 Å². The van der Waals surface area contributed by atoms with E-state index in [9.17, 15) is 0 Å². The summed E-state index contributed by atoms with van der Waals surface area (Å²) in [7, 11) is 0. The van der Waals surface area contributed by atoms with Gasteiger partial charge in [0.05, 0.1) is 0 Å². The van der Waals surface area contributed by atoms with Crippen LogP contribution >= 0.6 is 0 Å². The molecule has 0 amide bonds. The Morgan fingerprint density at radius 3 is 1.00 bits per heavy atom. The topological polar surface area (TPSA) is 12.0 Å². The normalized spacial score (nSPS) is 19.6. The number of hydrogen-bond acceptors (Lipinski definition) is 1. The van der Waals surface area contributed by atoms with Crippen LogP contribution in [-0.4, -0.2) is 0 Å². The second kappa shape index (κ2) is 9.62. The van der Waals surface area contributed by atoms with Crippen LogP contribution < -0.4 is 5.32 Å². The van der Waals surface area contributed by atoms with Crippen molar-refractivity contribution in [3.63, 3.8) is 0 Å². The van der Waals surface area contributed by atoms with Gasteiger partial charge in [0.2, 0.25) is 0 Å². The molecule has 0 aliphatic heterocycles. The first-order valence-corrected chi connectivity index (χ1v) is 15.5. The van der Waals surface area contributed by atoms with Crippen LogP contribution in [0.15, 0.2) is 84.9 Å². The lowest BCUT2D eigenvalue weighted by molar-refractivity contribution is 0.332. The summed E-state index contributed by atoms with van der Waals surface area (Å²) >= 11 is 0. The zero-order valence-electron chi connectivity index (χ0n) is 26.4. The second-order valence-electron chi connectivity index (χ2n) is 15.3. The Kier molecular flexibility index (Phi) is 6.53. The van der Waals surface area contributed by atoms with Gasteiger partial charge in [0.1, 0.15) is 0 Å². The molecule has 1 nitrogen and oxygen atoms in total. The van der Waals surface area contributed by atoms with Gasteiger partial charge < -0.3 is 5.32 Å². The van der Waals surface area contributed by atoms with Crippen molar-refractivity contribution in [3.05, 3.63) is 107 Å². The maximum absolute atomic E-state index is 3.61. The summed E-state index contributed by atoms with van der Waals surface area (Å²) in [6.07, 6.45) is 4.97. The van der Waals surface area contributed by atoms with Crippen LogP contribution in [0.5, 0.6) is 0 Å². The third kappa shape index (κ3) is 5.14. The van der Waals surface area contributed by atoms with Crippen molar-refractivity contribution in [2.24, 2.45) is 0 Å². The van der Waals surface area contributed by atoms with E-state index < -0.39 is 0 Å². The first-order valence-electron chi connectivity index (χ1n) is 15.5. The van der Waals surface area contributed by atoms with Gasteiger partial charge in [0.25, 0.3) is 0 Å². The molecule has 1 N–H and O–H groups in total. The Hall–Kier alpha value is -3.32. The minimum atomic E-state index is 0.223. The molecule has 1 heteroatoms. The molecular formula is C40H47N. The third-order valence-corrected chi connectivity index (χ3v) is 10.4. The molecule has 2 aliphatic rings. The molecule has 0 saturated carbocycles. The largest absolute Gasteiger partial charge is 0.356 e. The summed E-state index contributed by atoms with van der Waals surface area (Å²) in [6.45, 7) is 19.2. The number of benzene rings is 4. The van der Waals surface area contributed by atoms with E-state index in [1.54, 1.807) is 0 Å². The molecule has 0 bridgehead atoms. The molecule has 4 aromatic rings. The Labute approximate surface area is 248 Å². The fourth-order valence-electron chi connectivity index (χ4n) is 7.20. The van der Waals surface area contributed by atoms with Crippen molar-refractivity contribution in [1.82, 2.24) is 0 Å². The minimum absolute atomic E-state index is 0.223. The van der Waals surface area contributed by atoms with E-state index in [1.165, 1.54) is 70.2 Å². The Morgan fingerprint density at radius 1 is 0.366 bits per heavy atom. The van der Waals surface area contributed by atoms with Gasteiger partial charge >= 0.3 is 0 Å².